The summed E-state index contributed by atoms with van der Waals surface area (Å²) in [7, 11) is 0. The molecule has 0 amide bonds. The maximum atomic E-state index is 13.2. The molecule has 2 rings (SSSR count). The van der Waals surface area contributed by atoms with Gasteiger partial charge in [0.1, 0.15) is 5.82 Å². The normalized spacial score (nSPS) is 10.2. The van der Waals surface area contributed by atoms with Crippen LogP contribution in [-0.4, -0.2) is 17.4 Å². The monoisotopic (exact) mass is 237 g/mol. The number of aromatic nitrogens is 1. The minimum atomic E-state index is -0.829. The topological polar surface area (TPSA) is 42.1 Å². The van der Waals surface area contributed by atoms with Crippen molar-refractivity contribution in [1.82, 2.24) is 4.98 Å². The lowest BCUT2D eigenvalue weighted by Gasteiger charge is -2.05. The summed E-state index contributed by atoms with van der Waals surface area (Å²) >= 11 is 0. The fourth-order valence-electron chi connectivity index (χ4n) is 1.32. The lowest BCUT2D eigenvalue weighted by Crippen LogP contribution is -2.12. The Hall–Kier alpha value is -2.17. The molecule has 0 aliphatic carbocycles. The fourth-order valence-corrected chi connectivity index (χ4v) is 1.32. The number of nitrogens with one attached hydrogen (secondary N) is 1. The Kier molecular flexibility index (Phi) is 3.18. The Morgan fingerprint density at radius 3 is 2.76 bits per heavy atom. The number of rotatable bonds is 4. The average molecular weight is 237 g/mol. The van der Waals surface area contributed by atoms with Gasteiger partial charge in [0, 0.05) is 12.3 Å². The van der Waals surface area contributed by atoms with Crippen LogP contribution in [0.3, 0.4) is 0 Å². The molecule has 0 unspecified atom stereocenters. The van der Waals surface area contributed by atoms with Crippen molar-refractivity contribution in [2.75, 3.05) is 6.61 Å². The summed E-state index contributed by atoms with van der Waals surface area (Å²) in [6.45, 7) is -0.303. The van der Waals surface area contributed by atoms with Gasteiger partial charge in [-0.15, -0.1) is 0 Å². The zero-order valence-corrected chi connectivity index (χ0v) is 8.74. The second-order valence-electron chi connectivity index (χ2n) is 3.37. The summed E-state index contributed by atoms with van der Waals surface area (Å²) in [5.41, 5.74) is 0.382. The number of aromatic amines is 1. The standard InChI is InChI=1S/C12H9F2NO2/c13-8-3-4-12(9(14)6-8)17-7-11(16)10-2-1-5-15-10/h1-6,15H,7H2. The van der Waals surface area contributed by atoms with Crippen molar-refractivity contribution in [3.63, 3.8) is 0 Å². The maximum absolute atomic E-state index is 13.2. The molecule has 1 heterocycles. The number of H-pyrrole nitrogens is 1. The molecule has 1 N–H and O–H groups in total. The van der Waals surface area contributed by atoms with Crippen molar-refractivity contribution in [1.29, 1.82) is 0 Å². The van der Waals surface area contributed by atoms with Gasteiger partial charge in [0.25, 0.3) is 0 Å². The number of hydrogen-bond acceptors (Lipinski definition) is 2. The predicted octanol–water partition coefficient (Wildman–Crippen LogP) is 2.55. The number of carbonyl (C=O) groups is 1. The second kappa shape index (κ2) is 4.78. The van der Waals surface area contributed by atoms with Crippen LogP contribution < -0.4 is 4.74 Å². The van der Waals surface area contributed by atoms with Crippen molar-refractivity contribution >= 4 is 5.78 Å². The summed E-state index contributed by atoms with van der Waals surface area (Å²) in [5, 5.41) is 0. The predicted molar refractivity (Wildman–Crippen MR) is 57.0 cm³/mol. The SMILES string of the molecule is O=C(COc1ccc(F)cc1F)c1ccc[nH]1. The zero-order valence-electron chi connectivity index (χ0n) is 8.74. The fraction of sp³-hybridized carbons (Fsp3) is 0.0833. The van der Waals surface area contributed by atoms with E-state index in [0.717, 1.165) is 12.1 Å². The third-order valence-electron chi connectivity index (χ3n) is 2.15. The van der Waals surface area contributed by atoms with E-state index in [-0.39, 0.29) is 18.1 Å². The molecule has 0 fully saturated rings. The van der Waals surface area contributed by atoms with E-state index in [4.69, 9.17) is 4.74 Å². The summed E-state index contributed by atoms with van der Waals surface area (Å²) in [6.07, 6.45) is 1.60. The molecule has 1 aromatic carbocycles. The molecular weight excluding hydrogens is 228 g/mol. The van der Waals surface area contributed by atoms with Crippen LogP contribution in [0.5, 0.6) is 5.75 Å². The van der Waals surface area contributed by atoms with E-state index in [0.29, 0.717) is 11.8 Å². The lowest BCUT2D eigenvalue weighted by molar-refractivity contribution is 0.0914. The molecule has 0 aliphatic rings. The van der Waals surface area contributed by atoms with E-state index in [9.17, 15) is 13.6 Å². The zero-order chi connectivity index (χ0) is 12.3. The van der Waals surface area contributed by atoms with Gasteiger partial charge in [0.05, 0.1) is 5.69 Å². The van der Waals surface area contributed by atoms with Gasteiger partial charge >= 0.3 is 0 Å². The highest BCUT2D eigenvalue weighted by Crippen LogP contribution is 2.17. The van der Waals surface area contributed by atoms with Crippen molar-refractivity contribution in [2.45, 2.75) is 0 Å². The van der Waals surface area contributed by atoms with Crippen molar-refractivity contribution in [3.05, 3.63) is 53.9 Å². The highest BCUT2D eigenvalue weighted by Gasteiger charge is 2.10. The minimum absolute atomic E-state index is 0.147. The van der Waals surface area contributed by atoms with Crippen LogP contribution in [0.2, 0.25) is 0 Å². The van der Waals surface area contributed by atoms with E-state index in [1.54, 1.807) is 18.3 Å². The minimum Gasteiger partial charge on any atom is -0.482 e. The van der Waals surface area contributed by atoms with Crippen LogP contribution in [0.4, 0.5) is 8.78 Å². The second-order valence-corrected chi connectivity index (χ2v) is 3.37. The van der Waals surface area contributed by atoms with Crippen LogP contribution >= 0.6 is 0 Å². The number of ketones is 1. The molecule has 1 aromatic heterocycles. The van der Waals surface area contributed by atoms with E-state index in [1.807, 2.05) is 0 Å². The van der Waals surface area contributed by atoms with Gasteiger partial charge in [-0.25, -0.2) is 8.78 Å². The van der Waals surface area contributed by atoms with Gasteiger partial charge in [0.15, 0.2) is 18.2 Å². The number of Topliss-reactive ketones (excluding diaryl/α,β-unsaturated/α-hetero) is 1. The Morgan fingerprint density at radius 2 is 2.12 bits per heavy atom. The molecule has 88 valence electrons. The van der Waals surface area contributed by atoms with E-state index in [2.05, 4.69) is 4.98 Å². The van der Waals surface area contributed by atoms with Gasteiger partial charge in [-0.05, 0) is 24.3 Å². The van der Waals surface area contributed by atoms with Crippen molar-refractivity contribution in [3.8, 4) is 5.75 Å². The number of ether oxygens (including phenoxy) is 1. The van der Waals surface area contributed by atoms with Gasteiger partial charge in [-0.3, -0.25) is 4.79 Å². The van der Waals surface area contributed by atoms with E-state index < -0.39 is 11.6 Å². The first-order valence-electron chi connectivity index (χ1n) is 4.91. The molecule has 5 heteroatoms. The van der Waals surface area contributed by atoms with Crippen LogP contribution in [0.15, 0.2) is 36.5 Å². The van der Waals surface area contributed by atoms with Gasteiger partial charge < -0.3 is 9.72 Å². The highest BCUT2D eigenvalue weighted by atomic mass is 19.1. The van der Waals surface area contributed by atoms with E-state index in [1.165, 1.54) is 0 Å². The summed E-state index contributed by atoms with van der Waals surface area (Å²) in [6, 6.07) is 6.18. The first-order valence-corrected chi connectivity index (χ1v) is 4.91. The molecule has 0 aliphatic heterocycles. The molecule has 0 bridgehead atoms. The molecule has 2 aromatic rings. The van der Waals surface area contributed by atoms with Gasteiger partial charge in [-0.1, -0.05) is 0 Å². The number of hydrogen-bond donors (Lipinski definition) is 1. The number of carbonyl (C=O) groups excluding carboxylic acids is 1. The van der Waals surface area contributed by atoms with Crippen LogP contribution in [0.1, 0.15) is 10.5 Å². The molecule has 0 saturated heterocycles. The molecule has 0 saturated carbocycles. The molecule has 0 atom stereocenters. The quantitative estimate of drug-likeness (QED) is 0.830. The number of halogens is 2. The smallest absolute Gasteiger partial charge is 0.216 e. The molecule has 3 nitrogen and oxygen atoms in total. The summed E-state index contributed by atoms with van der Waals surface area (Å²) < 4.78 is 30.7. The first-order chi connectivity index (χ1) is 8.16. The van der Waals surface area contributed by atoms with E-state index >= 15 is 0 Å². The van der Waals surface area contributed by atoms with Crippen molar-refractivity contribution in [2.24, 2.45) is 0 Å². The van der Waals surface area contributed by atoms with Crippen LogP contribution in [0, 0.1) is 11.6 Å². The highest BCUT2D eigenvalue weighted by molar-refractivity contribution is 5.95. The van der Waals surface area contributed by atoms with Crippen molar-refractivity contribution < 1.29 is 18.3 Å². The molecule has 0 radical (unpaired) electrons. The van der Waals surface area contributed by atoms with Crippen LogP contribution in [-0.2, 0) is 0 Å². The molecular formula is C12H9F2NO2. The Morgan fingerprint density at radius 1 is 1.29 bits per heavy atom. The van der Waals surface area contributed by atoms with Gasteiger partial charge in [0.2, 0.25) is 5.78 Å². The third kappa shape index (κ3) is 2.69. The Labute approximate surface area is 96.0 Å². The Balaban J connectivity index is 2.01. The molecule has 17 heavy (non-hydrogen) atoms. The summed E-state index contributed by atoms with van der Waals surface area (Å²) in [4.78, 5) is 14.2. The Bertz CT molecular complexity index is 523. The van der Waals surface area contributed by atoms with Gasteiger partial charge in [-0.2, -0.15) is 0 Å². The largest absolute Gasteiger partial charge is 0.482 e. The average Bonchev–Trinajstić information content (AvgIpc) is 2.81. The third-order valence-corrected chi connectivity index (χ3v) is 2.15. The molecule has 0 spiro atoms. The first kappa shape index (κ1) is 11.3. The lowest BCUT2D eigenvalue weighted by atomic mass is 10.3. The maximum Gasteiger partial charge on any atom is 0.216 e. The number of benzene rings is 1. The van der Waals surface area contributed by atoms with Crippen LogP contribution in [0.25, 0.3) is 0 Å². The summed E-state index contributed by atoms with van der Waals surface area (Å²) in [5.74, 6) is -1.97.